The molecule has 2 aromatic carbocycles. The first-order valence-electron chi connectivity index (χ1n) is 9.58. The Morgan fingerprint density at radius 2 is 1.76 bits per heavy atom. The molecular weight excluding hydrogens is 491 g/mol. The predicted octanol–water partition coefficient (Wildman–Crippen LogP) is 2.96. The van der Waals surface area contributed by atoms with Gasteiger partial charge in [-0.2, -0.15) is 4.72 Å². The second kappa shape index (κ2) is 11.8. The van der Waals surface area contributed by atoms with Gasteiger partial charge in [0, 0.05) is 36.1 Å². The lowest BCUT2D eigenvalue weighted by Crippen LogP contribution is -2.46. The highest BCUT2D eigenvalue weighted by Gasteiger charge is 2.26. The Bertz CT molecular complexity index is 1170. The van der Waals surface area contributed by atoms with Gasteiger partial charge in [0.1, 0.15) is 6.04 Å². The third kappa shape index (κ3) is 7.86. The van der Waals surface area contributed by atoms with E-state index >= 15 is 0 Å². The van der Waals surface area contributed by atoms with E-state index in [0.717, 1.165) is 5.56 Å². The zero-order chi connectivity index (χ0) is 23.1. The molecule has 12 heteroatoms. The Morgan fingerprint density at radius 1 is 1.09 bits per heavy atom. The fourth-order valence-electron chi connectivity index (χ4n) is 2.88. The van der Waals surface area contributed by atoms with Crippen molar-refractivity contribution >= 4 is 51.6 Å². The fraction of sp³-hybridized carbons (Fsp3) is 0.190. The van der Waals surface area contributed by atoms with Crippen LogP contribution < -0.4 is 10.0 Å². The number of sulfonamides is 1. The quantitative estimate of drug-likeness (QED) is 0.382. The molecule has 1 aromatic heterocycles. The second-order valence-electron chi connectivity index (χ2n) is 6.97. The standard InChI is InChI=1S/C21H21ClN4O5S.ClH/c22-16-4-8-18(9-5-16)32(30,31)25-19(13-26-12-11-23-14-26)21(29)24-17-6-1-15(2-7-17)3-10-20(27)28;/h1-2,4-9,11-12,14,19,25H,3,10,13H2,(H,24,29)(H,27,28);1H. The van der Waals surface area contributed by atoms with Crippen molar-refractivity contribution in [2.24, 2.45) is 0 Å². The zero-order valence-corrected chi connectivity index (χ0v) is 19.6. The fourth-order valence-corrected chi connectivity index (χ4v) is 4.20. The van der Waals surface area contributed by atoms with Gasteiger partial charge in [0.15, 0.2) is 0 Å². The zero-order valence-electron chi connectivity index (χ0n) is 17.2. The van der Waals surface area contributed by atoms with Crippen molar-refractivity contribution in [1.82, 2.24) is 14.3 Å². The number of halogens is 2. The number of anilines is 1. The van der Waals surface area contributed by atoms with E-state index in [1.807, 2.05) is 0 Å². The molecular formula is C21H22Cl2N4O5S. The molecule has 9 nitrogen and oxygen atoms in total. The lowest BCUT2D eigenvalue weighted by Gasteiger charge is -2.19. The first-order valence-corrected chi connectivity index (χ1v) is 11.4. The van der Waals surface area contributed by atoms with Crippen molar-refractivity contribution in [1.29, 1.82) is 0 Å². The molecule has 3 aromatic rings. The Balaban J connectivity index is 0.00000385. The lowest BCUT2D eigenvalue weighted by molar-refractivity contribution is -0.137. The smallest absolute Gasteiger partial charge is 0.303 e. The van der Waals surface area contributed by atoms with Crippen LogP contribution in [-0.2, 0) is 32.6 Å². The summed E-state index contributed by atoms with van der Waals surface area (Å²) < 4.78 is 29.6. The molecule has 33 heavy (non-hydrogen) atoms. The van der Waals surface area contributed by atoms with E-state index in [1.165, 1.54) is 36.8 Å². The van der Waals surface area contributed by atoms with Gasteiger partial charge in [-0.3, -0.25) is 9.59 Å². The van der Waals surface area contributed by atoms with Gasteiger partial charge in [0.25, 0.3) is 0 Å². The normalized spacial score (nSPS) is 11.9. The Hall–Kier alpha value is -2.92. The number of carbonyl (C=O) groups is 2. The predicted molar refractivity (Wildman–Crippen MR) is 126 cm³/mol. The first kappa shape index (κ1) is 26.3. The number of nitrogens with one attached hydrogen (secondary N) is 2. The maximum atomic E-state index is 12.9. The summed E-state index contributed by atoms with van der Waals surface area (Å²) in [6.07, 6.45) is 5.00. The number of benzene rings is 2. The summed E-state index contributed by atoms with van der Waals surface area (Å²) in [4.78, 5) is 27.5. The summed E-state index contributed by atoms with van der Waals surface area (Å²) in [5, 5.41) is 11.9. The molecule has 1 heterocycles. The van der Waals surface area contributed by atoms with Gasteiger partial charge in [0.2, 0.25) is 15.9 Å². The highest BCUT2D eigenvalue weighted by atomic mass is 35.5. The van der Waals surface area contributed by atoms with E-state index < -0.39 is 27.9 Å². The summed E-state index contributed by atoms with van der Waals surface area (Å²) in [6, 6.07) is 11.2. The number of carboxylic acid groups (broad SMARTS) is 1. The molecule has 0 aliphatic rings. The molecule has 0 fully saturated rings. The van der Waals surface area contributed by atoms with Crippen molar-refractivity contribution in [2.45, 2.75) is 30.3 Å². The molecule has 0 saturated carbocycles. The molecule has 0 aliphatic carbocycles. The summed E-state index contributed by atoms with van der Waals surface area (Å²) in [5.74, 6) is -1.45. The van der Waals surface area contributed by atoms with E-state index in [0.29, 0.717) is 17.1 Å². The molecule has 176 valence electrons. The van der Waals surface area contributed by atoms with Crippen LogP contribution in [0.2, 0.25) is 5.02 Å². The lowest BCUT2D eigenvalue weighted by atomic mass is 10.1. The van der Waals surface area contributed by atoms with Gasteiger partial charge in [-0.15, -0.1) is 12.4 Å². The molecule has 0 aliphatic heterocycles. The van der Waals surface area contributed by atoms with Crippen molar-refractivity contribution in [3.63, 3.8) is 0 Å². The van der Waals surface area contributed by atoms with E-state index in [1.54, 1.807) is 35.0 Å². The van der Waals surface area contributed by atoms with Gasteiger partial charge >= 0.3 is 5.97 Å². The molecule has 3 N–H and O–H groups in total. The van der Waals surface area contributed by atoms with Crippen LogP contribution in [0.5, 0.6) is 0 Å². The number of aryl methyl sites for hydroxylation is 1. The van der Waals surface area contributed by atoms with Crippen molar-refractivity contribution in [2.75, 3.05) is 5.32 Å². The minimum atomic E-state index is -4.00. The third-order valence-corrected chi connectivity index (χ3v) is 6.28. The van der Waals surface area contributed by atoms with Gasteiger partial charge in [-0.05, 0) is 48.4 Å². The summed E-state index contributed by atoms with van der Waals surface area (Å²) in [6.45, 7) is 0.0232. The third-order valence-electron chi connectivity index (χ3n) is 4.54. The number of carboxylic acids is 1. The van der Waals surface area contributed by atoms with E-state index in [4.69, 9.17) is 16.7 Å². The minimum absolute atomic E-state index is 0. The average Bonchev–Trinajstić information content (AvgIpc) is 3.26. The van der Waals surface area contributed by atoms with Gasteiger partial charge < -0.3 is 15.0 Å². The van der Waals surface area contributed by atoms with Gasteiger partial charge in [-0.1, -0.05) is 23.7 Å². The Morgan fingerprint density at radius 3 is 2.33 bits per heavy atom. The van der Waals surface area contributed by atoms with Crippen LogP contribution >= 0.6 is 24.0 Å². The number of imidazole rings is 1. The summed E-state index contributed by atoms with van der Waals surface area (Å²) >= 11 is 5.83. The second-order valence-corrected chi connectivity index (χ2v) is 9.12. The summed E-state index contributed by atoms with van der Waals surface area (Å²) in [5.41, 5.74) is 1.26. The Kier molecular flexibility index (Phi) is 9.42. The number of aromatic nitrogens is 2. The van der Waals surface area contributed by atoms with Gasteiger partial charge in [0.05, 0.1) is 11.2 Å². The molecule has 3 rings (SSSR count). The number of aliphatic carboxylic acids is 1. The monoisotopic (exact) mass is 512 g/mol. The first-order chi connectivity index (χ1) is 15.2. The van der Waals surface area contributed by atoms with Crippen molar-refractivity contribution in [3.8, 4) is 0 Å². The van der Waals surface area contributed by atoms with Crippen LogP contribution in [0.4, 0.5) is 5.69 Å². The summed E-state index contributed by atoms with van der Waals surface area (Å²) in [7, 11) is -4.00. The largest absolute Gasteiger partial charge is 0.481 e. The number of hydrogen-bond acceptors (Lipinski definition) is 5. The number of nitrogens with zero attached hydrogens (tertiary/aromatic N) is 2. The van der Waals surface area contributed by atoms with Crippen LogP contribution in [0.25, 0.3) is 0 Å². The molecule has 1 unspecified atom stereocenters. The topological polar surface area (TPSA) is 130 Å². The molecule has 0 spiro atoms. The minimum Gasteiger partial charge on any atom is -0.481 e. The van der Waals surface area contributed by atoms with Crippen LogP contribution in [0.3, 0.4) is 0 Å². The maximum Gasteiger partial charge on any atom is 0.303 e. The van der Waals surface area contributed by atoms with Crippen LogP contribution in [-0.4, -0.2) is 41.0 Å². The van der Waals surface area contributed by atoms with Crippen LogP contribution in [0.15, 0.2) is 72.1 Å². The molecule has 1 amide bonds. The van der Waals surface area contributed by atoms with E-state index in [-0.39, 0.29) is 30.3 Å². The van der Waals surface area contributed by atoms with E-state index in [2.05, 4.69) is 15.0 Å². The number of rotatable bonds is 10. The number of amides is 1. The van der Waals surface area contributed by atoms with Crippen LogP contribution in [0, 0.1) is 0 Å². The van der Waals surface area contributed by atoms with Crippen molar-refractivity contribution in [3.05, 3.63) is 77.8 Å². The highest BCUT2D eigenvalue weighted by Crippen LogP contribution is 2.16. The van der Waals surface area contributed by atoms with Crippen molar-refractivity contribution < 1.29 is 23.1 Å². The number of carbonyl (C=O) groups excluding carboxylic acids is 1. The molecule has 0 radical (unpaired) electrons. The Labute approximate surface area is 202 Å². The van der Waals surface area contributed by atoms with E-state index in [9.17, 15) is 18.0 Å². The SMILES string of the molecule is Cl.O=C(O)CCc1ccc(NC(=O)C(Cn2ccnc2)NS(=O)(=O)c2ccc(Cl)cc2)cc1. The molecule has 0 saturated heterocycles. The highest BCUT2D eigenvalue weighted by molar-refractivity contribution is 7.89. The van der Waals surface area contributed by atoms with Crippen LogP contribution in [0.1, 0.15) is 12.0 Å². The average molecular weight is 513 g/mol. The van der Waals surface area contributed by atoms with Gasteiger partial charge in [-0.25, -0.2) is 13.4 Å². The maximum absolute atomic E-state index is 12.9. The molecule has 1 atom stereocenters. The number of hydrogen-bond donors (Lipinski definition) is 3. The molecule has 0 bridgehead atoms.